The highest BCUT2D eigenvalue weighted by Crippen LogP contribution is 2.26. The lowest BCUT2D eigenvalue weighted by Crippen LogP contribution is -2.10. The van der Waals surface area contributed by atoms with Crippen LogP contribution in [0.15, 0.2) is 55.1 Å². The van der Waals surface area contributed by atoms with E-state index in [1.807, 2.05) is 11.8 Å². The molecule has 0 spiro atoms. The van der Waals surface area contributed by atoms with Crippen molar-refractivity contribution in [3.05, 3.63) is 77.4 Å². The lowest BCUT2D eigenvalue weighted by Gasteiger charge is -2.19. The van der Waals surface area contributed by atoms with Crippen LogP contribution in [0.5, 0.6) is 0 Å². The standard InChI is InChI=1S/C21H26S/c1-16(18-8-6-17(7-9-18)14-15-22-5)19-10-12-20(13-11-19)21(2,3)4/h6-13H,1,14-15H2,2-5H3. The second-order valence-electron chi connectivity index (χ2n) is 6.75. The van der Waals surface area contributed by atoms with Crippen LogP contribution in [0.1, 0.15) is 43.0 Å². The minimum Gasteiger partial charge on any atom is -0.165 e. The summed E-state index contributed by atoms with van der Waals surface area (Å²) in [5, 5.41) is 0. The smallest absolute Gasteiger partial charge is 0.00298 e. The molecule has 22 heavy (non-hydrogen) atoms. The molecule has 1 heteroatoms. The van der Waals surface area contributed by atoms with Gasteiger partial charge in [-0.1, -0.05) is 75.9 Å². The van der Waals surface area contributed by atoms with Gasteiger partial charge in [0.2, 0.25) is 0 Å². The van der Waals surface area contributed by atoms with Gasteiger partial charge in [-0.05, 0) is 51.7 Å². The number of thioether (sulfide) groups is 1. The molecule has 0 aliphatic heterocycles. The average Bonchev–Trinajstić information content (AvgIpc) is 2.52. The van der Waals surface area contributed by atoms with Gasteiger partial charge >= 0.3 is 0 Å². The number of hydrogen-bond donors (Lipinski definition) is 0. The molecule has 0 saturated heterocycles. The molecule has 116 valence electrons. The summed E-state index contributed by atoms with van der Waals surface area (Å²) in [7, 11) is 0. The zero-order valence-electron chi connectivity index (χ0n) is 14.1. The first-order chi connectivity index (χ1) is 10.4. The molecule has 0 fully saturated rings. The van der Waals surface area contributed by atoms with E-state index >= 15 is 0 Å². The van der Waals surface area contributed by atoms with E-state index in [-0.39, 0.29) is 5.41 Å². The molecular formula is C21H26S. The second-order valence-corrected chi connectivity index (χ2v) is 7.73. The molecule has 0 bridgehead atoms. The minimum atomic E-state index is 0.193. The summed E-state index contributed by atoms with van der Waals surface area (Å²) >= 11 is 1.89. The Hall–Kier alpha value is -1.47. The lowest BCUT2D eigenvalue weighted by atomic mass is 9.86. The van der Waals surface area contributed by atoms with E-state index in [1.54, 1.807) is 0 Å². The van der Waals surface area contributed by atoms with Crippen molar-refractivity contribution in [3.8, 4) is 0 Å². The first-order valence-corrected chi connectivity index (χ1v) is 9.19. The molecule has 0 N–H and O–H groups in total. The van der Waals surface area contributed by atoms with E-state index < -0.39 is 0 Å². The molecule has 0 unspecified atom stereocenters. The Bertz CT molecular complexity index is 612. The van der Waals surface area contributed by atoms with Crippen LogP contribution in [-0.4, -0.2) is 12.0 Å². The van der Waals surface area contributed by atoms with Crippen molar-refractivity contribution in [2.24, 2.45) is 0 Å². The number of aryl methyl sites for hydroxylation is 1. The van der Waals surface area contributed by atoms with E-state index in [0.29, 0.717) is 0 Å². The first kappa shape index (κ1) is 16.9. The van der Waals surface area contributed by atoms with Crippen LogP contribution >= 0.6 is 11.8 Å². The Morgan fingerprint density at radius 1 is 0.909 bits per heavy atom. The van der Waals surface area contributed by atoms with Crippen molar-refractivity contribution in [2.75, 3.05) is 12.0 Å². The van der Waals surface area contributed by atoms with E-state index in [9.17, 15) is 0 Å². The zero-order chi connectivity index (χ0) is 16.2. The largest absolute Gasteiger partial charge is 0.165 e. The van der Waals surface area contributed by atoms with Crippen molar-refractivity contribution < 1.29 is 0 Å². The highest BCUT2D eigenvalue weighted by molar-refractivity contribution is 7.98. The van der Waals surface area contributed by atoms with Gasteiger partial charge in [0.25, 0.3) is 0 Å². The molecule has 2 aromatic carbocycles. The third-order valence-corrected chi connectivity index (χ3v) is 4.61. The van der Waals surface area contributed by atoms with Crippen LogP contribution in [0, 0.1) is 0 Å². The Kier molecular flexibility index (Phi) is 5.52. The third kappa shape index (κ3) is 4.27. The van der Waals surface area contributed by atoms with Gasteiger partial charge < -0.3 is 0 Å². The van der Waals surface area contributed by atoms with Gasteiger partial charge in [0.05, 0.1) is 0 Å². The molecule has 0 atom stereocenters. The fourth-order valence-corrected chi connectivity index (χ4v) is 2.87. The highest BCUT2D eigenvalue weighted by Gasteiger charge is 2.13. The molecule has 0 radical (unpaired) electrons. The summed E-state index contributed by atoms with van der Waals surface area (Å²) in [6.45, 7) is 11.0. The summed E-state index contributed by atoms with van der Waals surface area (Å²) in [4.78, 5) is 0. The lowest BCUT2D eigenvalue weighted by molar-refractivity contribution is 0.590. The van der Waals surface area contributed by atoms with Gasteiger partial charge in [0.15, 0.2) is 0 Å². The van der Waals surface area contributed by atoms with Gasteiger partial charge in [-0.25, -0.2) is 0 Å². The molecule has 0 nitrogen and oxygen atoms in total. The van der Waals surface area contributed by atoms with Crippen molar-refractivity contribution in [3.63, 3.8) is 0 Å². The first-order valence-electron chi connectivity index (χ1n) is 7.80. The van der Waals surface area contributed by atoms with Crippen LogP contribution in [0.4, 0.5) is 0 Å². The number of hydrogen-bond acceptors (Lipinski definition) is 1. The number of rotatable bonds is 5. The summed E-state index contributed by atoms with van der Waals surface area (Å²) < 4.78 is 0. The third-order valence-electron chi connectivity index (χ3n) is 4.00. The normalized spacial score (nSPS) is 11.5. The fourth-order valence-electron chi connectivity index (χ4n) is 2.43. The van der Waals surface area contributed by atoms with E-state index in [4.69, 9.17) is 0 Å². The Labute approximate surface area is 139 Å². The summed E-state index contributed by atoms with van der Waals surface area (Å²) in [5.41, 5.74) is 6.45. The summed E-state index contributed by atoms with van der Waals surface area (Å²) in [5.74, 6) is 1.18. The Balaban J connectivity index is 2.14. The van der Waals surface area contributed by atoms with Crippen LogP contribution in [0.25, 0.3) is 5.57 Å². The number of benzene rings is 2. The highest BCUT2D eigenvalue weighted by atomic mass is 32.2. The molecule has 0 heterocycles. The van der Waals surface area contributed by atoms with Crippen molar-refractivity contribution in [1.29, 1.82) is 0 Å². The predicted octanol–water partition coefficient (Wildman–Crippen LogP) is 5.95. The molecule has 0 aliphatic rings. The van der Waals surface area contributed by atoms with Gasteiger partial charge in [-0.2, -0.15) is 11.8 Å². The summed E-state index contributed by atoms with van der Waals surface area (Å²) in [6, 6.07) is 17.6. The van der Waals surface area contributed by atoms with Crippen molar-refractivity contribution in [1.82, 2.24) is 0 Å². The fraction of sp³-hybridized carbons (Fsp3) is 0.333. The average molecular weight is 311 g/mol. The van der Waals surface area contributed by atoms with E-state index in [0.717, 1.165) is 12.0 Å². The molecule has 0 aromatic heterocycles. The van der Waals surface area contributed by atoms with E-state index in [1.165, 1.54) is 28.0 Å². The SMILES string of the molecule is C=C(c1ccc(CCSC)cc1)c1ccc(C(C)(C)C)cc1. The van der Waals surface area contributed by atoms with Crippen LogP contribution < -0.4 is 0 Å². The second kappa shape index (κ2) is 7.19. The van der Waals surface area contributed by atoms with Crippen molar-refractivity contribution in [2.45, 2.75) is 32.6 Å². The maximum atomic E-state index is 4.27. The van der Waals surface area contributed by atoms with Crippen molar-refractivity contribution >= 4 is 17.3 Å². The maximum absolute atomic E-state index is 4.27. The van der Waals surface area contributed by atoms with Gasteiger partial charge in [-0.3, -0.25) is 0 Å². The molecule has 2 aromatic rings. The molecular weight excluding hydrogens is 284 g/mol. The summed E-state index contributed by atoms with van der Waals surface area (Å²) in [6.07, 6.45) is 3.28. The minimum absolute atomic E-state index is 0.193. The monoisotopic (exact) mass is 310 g/mol. The topological polar surface area (TPSA) is 0 Å². The molecule has 0 amide bonds. The van der Waals surface area contributed by atoms with Gasteiger partial charge in [0, 0.05) is 0 Å². The van der Waals surface area contributed by atoms with Crippen LogP contribution in [-0.2, 0) is 11.8 Å². The maximum Gasteiger partial charge on any atom is -0.00298 e. The molecule has 0 aliphatic carbocycles. The van der Waals surface area contributed by atoms with Crippen LogP contribution in [0.3, 0.4) is 0 Å². The quantitative estimate of drug-likeness (QED) is 0.657. The Morgan fingerprint density at radius 3 is 1.86 bits per heavy atom. The van der Waals surface area contributed by atoms with Gasteiger partial charge in [-0.15, -0.1) is 0 Å². The van der Waals surface area contributed by atoms with Crippen LogP contribution in [0.2, 0.25) is 0 Å². The molecule has 0 saturated carbocycles. The molecule has 2 rings (SSSR count). The van der Waals surface area contributed by atoms with E-state index in [2.05, 4.69) is 82.1 Å². The zero-order valence-corrected chi connectivity index (χ0v) is 15.0. The predicted molar refractivity (Wildman–Crippen MR) is 102 cm³/mol. The Morgan fingerprint density at radius 2 is 1.41 bits per heavy atom. The van der Waals surface area contributed by atoms with Gasteiger partial charge in [0.1, 0.15) is 0 Å².